The molecule has 0 amide bonds. The lowest BCUT2D eigenvalue weighted by atomic mass is 9.99. The van der Waals surface area contributed by atoms with Crippen molar-refractivity contribution in [1.29, 1.82) is 0 Å². The van der Waals surface area contributed by atoms with Crippen molar-refractivity contribution in [3.63, 3.8) is 0 Å². The van der Waals surface area contributed by atoms with Crippen molar-refractivity contribution in [2.24, 2.45) is 5.92 Å². The molecular weight excluding hydrogens is 340 g/mol. The molecule has 0 radical (unpaired) electrons. The van der Waals surface area contributed by atoms with Crippen LogP contribution in [-0.2, 0) is 10.0 Å². The number of benzene rings is 1. The summed E-state index contributed by atoms with van der Waals surface area (Å²) < 4.78 is 25.8. The van der Waals surface area contributed by atoms with Crippen LogP contribution in [0.2, 0.25) is 0 Å². The van der Waals surface area contributed by atoms with Gasteiger partial charge in [0.15, 0.2) is 0 Å². The molecule has 1 aromatic rings. The van der Waals surface area contributed by atoms with Gasteiger partial charge in [-0.05, 0) is 59.3 Å². The predicted octanol–water partition coefficient (Wildman–Crippen LogP) is 2.84. The zero-order valence-corrected chi connectivity index (χ0v) is 14.3. The number of hydrogen-bond donors (Lipinski definition) is 1. The van der Waals surface area contributed by atoms with Crippen molar-refractivity contribution in [2.45, 2.75) is 19.8 Å². The number of nitrogens with one attached hydrogen (secondary N) is 1. The second-order valence-electron chi connectivity index (χ2n) is 5.49. The zero-order chi connectivity index (χ0) is 14.8. The highest BCUT2D eigenvalue weighted by atomic mass is 79.9. The van der Waals surface area contributed by atoms with Gasteiger partial charge in [0.25, 0.3) is 0 Å². The highest BCUT2D eigenvalue weighted by Gasteiger charge is 2.25. The Kier molecular flexibility index (Phi) is 5.09. The molecule has 112 valence electrons. The Bertz CT molecular complexity index is 575. The number of aryl methyl sites for hydroxylation is 1. The molecule has 1 saturated heterocycles. The first-order valence-corrected chi connectivity index (χ1v) is 9.45. The van der Waals surface area contributed by atoms with Crippen molar-refractivity contribution in [1.82, 2.24) is 4.31 Å². The summed E-state index contributed by atoms with van der Waals surface area (Å²) >= 11 is 3.55. The summed E-state index contributed by atoms with van der Waals surface area (Å²) in [7, 11) is -3.06. The second-order valence-corrected chi connectivity index (χ2v) is 8.33. The van der Waals surface area contributed by atoms with E-state index in [1.165, 1.54) is 11.8 Å². The van der Waals surface area contributed by atoms with E-state index >= 15 is 0 Å². The fraction of sp³-hybridized carbons (Fsp3) is 0.571. The van der Waals surface area contributed by atoms with Crippen LogP contribution in [-0.4, -0.2) is 38.6 Å². The molecule has 1 heterocycles. The smallest absolute Gasteiger partial charge is 0.211 e. The predicted molar refractivity (Wildman–Crippen MR) is 86.5 cm³/mol. The highest BCUT2D eigenvalue weighted by Crippen LogP contribution is 2.25. The Morgan fingerprint density at radius 3 is 2.85 bits per heavy atom. The Balaban J connectivity index is 1.94. The molecule has 0 spiro atoms. The quantitative estimate of drug-likeness (QED) is 0.897. The first-order valence-electron chi connectivity index (χ1n) is 6.81. The van der Waals surface area contributed by atoms with Crippen LogP contribution in [0.4, 0.5) is 5.69 Å². The fourth-order valence-corrected chi connectivity index (χ4v) is 4.09. The Morgan fingerprint density at radius 1 is 1.45 bits per heavy atom. The number of rotatable bonds is 4. The number of nitrogens with zero attached hydrogens (tertiary/aromatic N) is 1. The maximum absolute atomic E-state index is 11.6. The Labute approximate surface area is 129 Å². The molecule has 1 aliphatic rings. The van der Waals surface area contributed by atoms with Crippen molar-refractivity contribution >= 4 is 31.6 Å². The number of piperidine rings is 1. The fourth-order valence-electron chi connectivity index (χ4n) is 2.51. The van der Waals surface area contributed by atoms with E-state index in [4.69, 9.17) is 0 Å². The molecule has 1 aromatic carbocycles. The molecule has 0 bridgehead atoms. The molecule has 1 N–H and O–H groups in total. The van der Waals surface area contributed by atoms with Crippen LogP contribution in [0.3, 0.4) is 0 Å². The molecule has 1 aliphatic heterocycles. The first-order chi connectivity index (χ1) is 9.36. The molecule has 2 rings (SSSR count). The summed E-state index contributed by atoms with van der Waals surface area (Å²) in [5.74, 6) is 0.367. The Morgan fingerprint density at radius 2 is 2.20 bits per heavy atom. The number of halogens is 1. The normalized spacial score (nSPS) is 20.9. The van der Waals surface area contributed by atoms with E-state index in [2.05, 4.69) is 46.4 Å². The lowest BCUT2D eigenvalue weighted by Gasteiger charge is -2.31. The second kappa shape index (κ2) is 6.45. The molecule has 0 aromatic heterocycles. The van der Waals surface area contributed by atoms with Crippen molar-refractivity contribution in [3.05, 3.63) is 28.2 Å². The van der Waals surface area contributed by atoms with Gasteiger partial charge >= 0.3 is 0 Å². The zero-order valence-electron chi connectivity index (χ0n) is 11.9. The third-order valence-corrected chi connectivity index (χ3v) is 5.58. The van der Waals surface area contributed by atoms with Gasteiger partial charge in [-0.25, -0.2) is 12.7 Å². The average molecular weight is 361 g/mol. The van der Waals surface area contributed by atoms with Crippen LogP contribution in [0.15, 0.2) is 22.7 Å². The largest absolute Gasteiger partial charge is 0.384 e. The van der Waals surface area contributed by atoms with Crippen LogP contribution in [0.25, 0.3) is 0 Å². The lowest BCUT2D eigenvalue weighted by Crippen LogP contribution is -2.41. The summed E-state index contributed by atoms with van der Waals surface area (Å²) in [5, 5.41) is 3.41. The van der Waals surface area contributed by atoms with E-state index in [1.807, 2.05) is 0 Å². The maximum atomic E-state index is 11.6. The molecule has 0 aliphatic carbocycles. The van der Waals surface area contributed by atoms with E-state index in [9.17, 15) is 8.42 Å². The monoisotopic (exact) mass is 360 g/mol. The molecule has 1 fully saturated rings. The first kappa shape index (κ1) is 15.8. The van der Waals surface area contributed by atoms with E-state index in [-0.39, 0.29) is 0 Å². The highest BCUT2D eigenvalue weighted by molar-refractivity contribution is 9.10. The summed E-state index contributed by atoms with van der Waals surface area (Å²) in [6.45, 7) is 4.13. The summed E-state index contributed by atoms with van der Waals surface area (Å²) in [6.07, 6.45) is 3.30. The molecule has 4 nitrogen and oxygen atoms in total. The van der Waals surface area contributed by atoms with Gasteiger partial charge in [-0.2, -0.15) is 0 Å². The van der Waals surface area contributed by atoms with Crippen LogP contribution < -0.4 is 5.32 Å². The van der Waals surface area contributed by atoms with Gasteiger partial charge in [0.1, 0.15) is 0 Å². The van der Waals surface area contributed by atoms with Gasteiger partial charge in [0.2, 0.25) is 10.0 Å². The summed E-state index contributed by atoms with van der Waals surface area (Å²) in [4.78, 5) is 0. The minimum atomic E-state index is -3.06. The van der Waals surface area contributed by atoms with E-state index in [1.54, 1.807) is 4.31 Å². The van der Waals surface area contributed by atoms with Gasteiger partial charge in [0, 0.05) is 29.8 Å². The third-order valence-electron chi connectivity index (χ3n) is 3.66. The molecular formula is C14H21BrN2O2S. The van der Waals surface area contributed by atoms with Crippen LogP contribution in [0.1, 0.15) is 18.4 Å². The van der Waals surface area contributed by atoms with Crippen LogP contribution in [0, 0.1) is 12.8 Å². The van der Waals surface area contributed by atoms with Crippen molar-refractivity contribution < 1.29 is 8.42 Å². The molecule has 6 heteroatoms. The Hall–Kier alpha value is -0.590. The van der Waals surface area contributed by atoms with Gasteiger partial charge in [-0.15, -0.1) is 0 Å². The number of hydrogen-bond acceptors (Lipinski definition) is 3. The third kappa shape index (κ3) is 4.20. The standard InChI is InChI=1S/C14H21BrN2O2S/c1-11-5-6-14(13(15)8-11)16-9-12-4-3-7-17(10-12)20(2,18)19/h5-6,8,12,16H,3-4,7,9-10H2,1-2H3. The number of anilines is 1. The van der Waals surface area contributed by atoms with Crippen LogP contribution in [0.5, 0.6) is 0 Å². The summed E-state index contributed by atoms with van der Waals surface area (Å²) in [5.41, 5.74) is 2.27. The van der Waals surface area contributed by atoms with Crippen molar-refractivity contribution in [2.75, 3.05) is 31.2 Å². The number of sulfonamides is 1. The van der Waals surface area contributed by atoms with E-state index in [0.29, 0.717) is 19.0 Å². The minimum Gasteiger partial charge on any atom is -0.384 e. The molecule has 0 saturated carbocycles. The van der Waals surface area contributed by atoms with Gasteiger partial charge < -0.3 is 5.32 Å². The molecule has 20 heavy (non-hydrogen) atoms. The topological polar surface area (TPSA) is 49.4 Å². The van der Waals surface area contributed by atoms with Crippen LogP contribution >= 0.6 is 15.9 Å². The molecule has 1 unspecified atom stereocenters. The van der Waals surface area contributed by atoms with E-state index < -0.39 is 10.0 Å². The average Bonchev–Trinajstić information content (AvgIpc) is 2.37. The SMILES string of the molecule is Cc1ccc(NCC2CCCN(S(C)(=O)=O)C2)c(Br)c1. The van der Waals surface area contributed by atoms with Gasteiger partial charge in [-0.3, -0.25) is 0 Å². The van der Waals surface area contributed by atoms with Gasteiger partial charge in [0.05, 0.1) is 6.26 Å². The maximum Gasteiger partial charge on any atom is 0.211 e. The molecule has 1 atom stereocenters. The van der Waals surface area contributed by atoms with Crippen molar-refractivity contribution in [3.8, 4) is 0 Å². The van der Waals surface area contributed by atoms with Gasteiger partial charge in [-0.1, -0.05) is 6.07 Å². The minimum absolute atomic E-state index is 0.367. The lowest BCUT2D eigenvalue weighted by molar-refractivity contribution is 0.277. The summed E-state index contributed by atoms with van der Waals surface area (Å²) in [6, 6.07) is 6.19. The van der Waals surface area contributed by atoms with E-state index in [0.717, 1.165) is 29.5 Å².